The van der Waals surface area contributed by atoms with E-state index in [2.05, 4.69) is 62.3 Å². The van der Waals surface area contributed by atoms with Gasteiger partial charge in [0.2, 0.25) is 0 Å². The molecule has 0 aromatic heterocycles. The van der Waals surface area contributed by atoms with E-state index in [1.54, 1.807) is 0 Å². The second-order valence-electron chi connectivity index (χ2n) is 12.3. The van der Waals surface area contributed by atoms with Crippen molar-refractivity contribution in [3.63, 3.8) is 0 Å². The summed E-state index contributed by atoms with van der Waals surface area (Å²) in [5.74, 6) is 10.9. The molecule has 0 aromatic carbocycles. The maximum Gasteiger partial charge on any atom is -0.0352 e. The Kier molecular flexibility index (Phi) is 9.41. The Hall–Kier alpha value is 0. The zero-order valence-electron chi connectivity index (χ0n) is 21.0. The molecule has 3 aliphatic rings. The molecule has 0 N–H and O–H groups in total. The zero-order valence-corrected chi connectivity index (χ0v) is 21.0. The first-order valence-electron chi connectivity index (χ1n) is 13.1. The number of hydrogen-bond acceptors (Lipinski definition) is 0. The minimum atomic E-state index is 0.893. The maximum absolute atomic E-state index is 2.47. The number of rotatable bonds is 4. The molecule has 166 valence electrons. The molecule has 0 aromatic rings. The Morgan fingerprint density at radius 1 is 0.643 bits per heavy atom. The van der Waals surface area contributed by atoms with Crippen LogP contribution < -0.4 is 0 Å². The van der Waals surface area contributed by atoms with Gasteiger partial charge in [0.25, 0.3) is 0 Å². The standard InChI is InChI=1S/C18H34.C10H20/c1-11(2)14-7-16-8-15(12(3)4)10-18(16)17(9-14)13(5)6;1-4-10-6-5-8(2)9(3)7-10/h11-18H,7-10H2,1-6H3;8-10H,4-7H2,1-3H3. The lowest BCUT2D eigenvalue weighted by Gasteiger charge is -2.42. The van der Waals surface area contributed by atoms with Gasteiger partial charge in [0.05, 0.1) is 0 Å². The van der Waals surface area contributed by atoms with Crippen LogP contribution in [0.5, 0.6) is 0 Å². The highest BCUT2D eigenvalue weighted by Gasteiger charge is 2.45. The SMILES string of the molecule is CC(C)C1CC2CC(C(C)C)CC2C(C(C)C)C1.CCC1CCC(C)C(C)C1. The molecule has 0 saturated heterocycles. The third-order valence-electron chi connectivity index (χ3n) is 9.54. The fraction of sp³-hybridized carbons (Fsp3) is 1.00. The van der Waals surface area contributed by atoms with Gasteiger partial charge in [-0.2, -0.15) is 0 Å². The summed E-state index contributed by atoms with van der Waals surface area (Å²) in [6, 6.07) is 0. The Morgan fingerprint density at radius 2 is 1.21 bits per heavy atom. The lowest BCUT2D eigenvalue weighted by atomic mass is 9.63. The van der Waals surface area contributed by atoms with Crippen LogP contribution in [0.25, 0.3) is 0 Å². The average molecular weight is 391 g/mol. The summed E-state index contributed by atoms with van der Waals surface area (Å²) in [5.41, 5.74) is 0. The highest BCUT2D eigenvalue weighted by atomic mass is 14.5. The topological polar surface area (TPSA) is 0 Å². The van der Waals surface area contributed by atoms with Crippen LogP contribution in [0, 0.1) is 65.1 Å². The van der Waals surface area contributed by atoms with Gasteiger partial charge in [0.1, 0.15) is 0 Å². The van der Waals surface area contributed by atoms with Crippen molar-refractivity contribution < 1.29 is 0 Å². The molecule has 0 amide bonds. The quantitative estimate of drug-likeness (QED) is 0.449. The van der Waals surface area contributed by atoms with Gasteiger partial charge in [-0.1, -0.05) is 81.6 Å². The van der Waals surface area contributed by atoms with Crippen molar-refractivity contribution in [2.75, 3.05) is 0 Å². The second-order valence-corrected chi connectivity index (χ2v) is 12.3. The van der Waals surface area contributed by atoms with Crippen molar-refractivity contribution in [3.05, 3.63) is 0 Å². The Labute approximate surface area is 179 Å². The van der Waals surface area contributed by atoms with Gasteiger partial charge in [0.15, 0.2) is 0 Å². The molecule has 0 spiro atoms. The molecule has 8 unspecified atom stereocenters. The summed E-state index contributed by atoms with van der Waals surface area (Å²) in [6.45, 7) is 21.8. The largest absolute Gasteiger partial charge is 0.0651 e. The average Bonchev–Trinajstić information content (AvgIpc) is 3.08. The zero-order chi connectivity index (χ0) is 21.0. The monoisotopic (exact) mass is 390 g/mol. The van der Waals surface area contributed by atoms with E-state index in [0.29, 0.717) is 0 Å². The molecule has 3 saturated carbocycles. The van der Waals surface area contributed by atoms with E-state index in [1.165, 1.54) is 51.4 Å². The van der Waals surface area contributed by atoms with Gasteiger partial charge in [-0.25, -0.2) is 0 Å². The highest BCUT2D eigenvalue weighted by molar-refractivity contribution is 4.95. The summed E-state index contributed by atoms with van der Waals surface area (Å²) in [5, 5.41) is 0. The van der Waals surface area contributed by atoms with Crippen LogP contribution in [0.3, 0.4) is 0 Å². The van der Waals surface area contributed by atoms with Crippen LogP contribution in [-0.2, 0) is 0 Å². The van der Waals surface area contributed by atoms with Crippen LogP contribution in [0.4, 0.5) is 0 Å². The fourth-order valence-electron chi connectivity index (χ4n) is 6.89. The summed E-state index contributed by atoms with van der Waals surface area (Å²) in [4.78, 5) is 0. The van der Waals surface area contributed by atoms with E-state index in [9.17, 15) is 0 Å². The van der Waals surface area contributed by atoms with E-state index >= 15 is 0 Å². The molecule has 0 nitrogen and oxygen atoms in total. The lowest BCUT2D eigenvalue weighted by Crippen LogP contribution is -2.34. The first-order valence-corrected chi connectivity index (χ1v) is 13.1. The molecular formula is C28H54. The summed E-state index contributed by atoms with van der Waals surface area (Å²) in [7, 11) is 0. The van der Waals surface area contributed by atoms with Crippen molar-refractivity contribution >= 4 is 0 Å². The normalized spacial score (nSPS) is 41.1. The predicted molar refractivity (Wildman–Crippen MR) is 126 cm³/mol. The molecule has 8 atom stereocenters. The molecule has 0 aliphatic heterocycles. The van der Waals surface area contributed by atoms with Crippen LogP contribution in [0.1, 0.15) is 114 Å². The Morgan fingerprint density at radius 3 is 1.68 bits per heavy atom. The molecule has 0 heterocycles. The summed E-state index contributed by atoms with van der Waals surface area (Å²) < 4.78 is 0. The van der Waals surface area contributed by atoms with Gasteiger partial charge >= 0.3 is 0 Å². The fourth-order valence-corrected chi connectivity index (χ4v) is 6.89. The van der Waals surface area contributed by atoms with Crippen molar-refractivity contribution in [1.29, 1.82) is 0 Å². The minimum absolute atomic E-state index is 0.893. The van der Waals surface area contributed by atoms with Crippen LogP contribution in [-0.4, -0.2) is 0 Å². The number of hydrogen-bond donors (Lipinski definition) is 0. The van der Waals surface area contributed by atoms with E-state index < -0.39 is 0 Å². The third kappa shape index (κ3) is 6.25. The lowest BCUT2D eigenvalue weighted by molar-refractivity contribution is 0.0736. The van der Waals surface area contributed by atoms with Crippen LogP contribution in [0.2, 0.25) is 0 Å². The van der Waals surface area contributed by atoms with E-state index in [4.69, 9.17) is 0 Å². The third-order valence-corrected chi connectivity index (χ3v) is 9.54. The Balaban J connectivity index is 0.000000237. The molecule has 0 heteroatoms. The van der Waals surface area contributed by atoms with E-state index in [0.717, 1.165) is 65.1 Å². The van der Waals surface area contributed by atoms with Crippen molar-refractivity contribution in [1.82, 2.24) is 0 Å². The van der Waals surface area contributed by atoms with E-state index in [-0.39, 0.29) is 0 Å². The van der Waals surface area contributed by atoms with Gasteiger partial charge < -0.3 is 0 Å². The van der Waals surface area contributed by atoms with Crippen molar-refractivity contribution in [3.8, 4) is 0 Å². The maximum atomic E-state index is 2.47. The minimum Gasteiger partial charge on any atom is -0.0651 e. The van der Waals surface area contributed by atoms with Crippen LogP contribution >= 0.6 is 0 Å². The number of fused-ring (bicyclic) bond motifs is 1. The first kappa shape index (κ1) is 24.3. The smallest absolute Gasteiger partial charge is 0.0352 e. The molecule has 3 aliphatic carbocycles. The molecule has 3 rings (SSSR count). The van der Waals surface area contributed by atoms with Crippen LogP contribution in [0.15, 0.2) is 0 Å². The Bertz CT molecular complexity index is 433. The van der Waals surface area contributed by atoms with Crippen molar-refractivity contribution in [2.45, 2.75) is 114 Å². The van der Waals surface area contributed by atoms with Gasteiger partial charge in [-0.3, -0.25) is 0 Å². The van der Waals surface area contributed by atoms with Gasteiger partial charge in [-0.05, 0) is 97.2 Å². The van der Waals surface area contributed by atoms with Gasteiger partial charge in [-0.15, -0.1) is 0 Å². The molecule has 28 heavy (non-hydrogen) atoms. The molecule has 0 radical (unpaired) electrons. The highest BCUT2D eigenvalue weighted by Crippen LogP contribution is 2.54. The second kappa shape index (κ2) is 10.9. The van der Waals surface area contributed by atoms with Gasteiger partial charge in [0, 0.05) is 0 Å². The predicted octanol–water partition coefficient (Wildman–Crippen LogP) is 9.09. The summed E-state index contributed by atoms with van der Waals surface area (Å²) in [6.07, 6.45) is 12.0. The van der Waals surface area contributed by atoms with Crippen molar-refractivity contribution in [2.24, 2.45) is 65.1 Å². The first-order chi connectivity index (χ1) is 13.1. The molecule has 3 fully saturated rings. The summed E-state index contributed by atoms with van der Waals surface area (Å²) >= 11 is 0. The molecular weight excluding hydrogens is 336 g/mol. The molecule has 0 bridgehead atoms. The van der Waals surface area contributed by atoms with E-state index in [1.807, 2.05) is 0 Å².